The van der Waals surface area contributed by atoms with E-state index in [0.717, 1.165) is 75.6 Å². The fourth-order valence-electron chi connectivity index (χ4n) is 13.5. The van der Waals surface area contributed by atoms with Gasteiger partial charge in [0.25, 0.3) is 0 Å². The Morgan fingerprint density at radius 3 is 2.17 bits per heavy atom. The number of likely N-dealkylation sites (N-methyl/N-ethyl adjacent to an activating group) is 1. The fourth-order valence-corrected chi connectivity index (χ4v) is 13.7. The van der Waals surface area contributed by atoms with Gasteiger partial charge in [0, 0.05) is 31.1 Å². The summed E-state index contributed by atoms with van der Waals surface area (Å²) in [5, 5.41) is 0.700. The highest BCUT2D eigenvalue weighted by Gasteiger charge is 2.70. The van der Waals surface area contributed by atoms with Gasteiger partial charge in [-0.05, 0) is 175 Å². The molecule has 0 N–H and O–H groups in total. The van der Waals surface area contributed by atoms with Crippen molar-refractivity contribution in [2.45, 2.75) is 159 Å². The van der Waals surface area contributed by atoms with Crippen LogP contribution in [0.15, 0.2) is 35.4 Å². The number of hydrogen-bond donors (Lipinski definition) is 0. The molecule has 0 aromatic heterocycles. The van der Waals surface area contributed by atoms with E-state index in [-0.39, 0.29) is 70.0 Å². The highest BCUT2D eigenvalue weighted by molar-refractivity contribution is 6.30. The molecule has 9 heteroatoms. The summed E-state index contributed by atoms with van der Waals surface area (Å²) in [5.74, 6) is 1.06. The summed E-state index contributed by atoms with van der Waals surface area (Å²) < 4.78 is 11.9. The zero-order chi connectivity index (χ0) is 44.4. The molecule has 0 spiro atoms. The zero-order valence-corrected chi connectivity index (χ0v) is 40.2. The number of fused-ring (bicyclic) bond motifs is 7. The molecule has 4 saturated carbocycles. The van der Waals surface area contributed by atoms with Crippen LogP contribution in [0.3, 0.4) is 0 Å². The molecule has 0 saturated heterocycles. The third kappa shape index (κ3) is 8.58. The third-order valence-corrected chi connectivity index (χ3v) is 17.1. The maximum atomic E-state index is 15.2. The number of carbonyl (C=O) groups is 4. The molecule has 5 aliphatic rings. The fraction of sp³-hybridized carbons (Fsp3) is 0.765. The van der Waals surface area contributed by atoms with Gasteiger partial charge < -0.3 is 14.4 Å². The number of halogens is 1. The highest BCUT2D eigenvalue weighted by atomic mass is 35.5. The lowest BCUT2D eigenvalue weighted by Crippen LogP contribution is -2.64. The van der Waals surface area contributed by atoms with Crippen LogP contribution in [0.5, 0.6) is 0 Å². The van der Waals surface area contributed by atoms with E-state index in [9.17, 15) is 14.4 Å². The Balaban J connectivity index is 1.23. The van der Waals surface area contributed by atoms with Crippen molar-refractivity contribution >= 4 is 35.1 Å². The minimum atomic E-state index is -0.975. The molecule has 4 fully saturated rings. The number of Topliss-reactive ketones (excluding diaryl/α,β-unsaturated/α-hetero) is 2. The Morgan fingerprint density at radius 2 is 1.55 bits per heavy atom. The molecule has 8 nitrogen and oxygen atoms in total. The van der Waals surface area contributed by atoms with E-state index in [2.05, 4.69) is 65.4 Å². The van der Waals surface area contributed by atoms with Gasteiger partial charge in [0.2, 0.25) is 0 Å². The molecule has 0 unspecified atom stereocenters. The molecule has 5 aliphatic carbocycles. The van der Waals surface area contributed by atoms with Crippen LogP contribution in [-0.2, 0) is 35.2 Å². The zero-order valence-electron chi connectivity index (χ0n) is 39.4. The Hall–Kier alpha value is -2.55. The number of benzene rings is 1. The minimum absolute atomic E-state index is 0.00924. The second-order valence-corrected chi connectivity index (χ2v) is 23.3. The summed E-state index contributed by atoms with van der Waals surface area (Å²) in [6, 6.07) is 7.92. The first-order chi connectivity index (χ1) is 27.8. The SMILES string of the molecule is CC(C)C1=C2[C@H]3CC[C@@H]4[C@@]5(C)CC[C@H](OC(=O)CC(C)(C)C(=O)OC(C)(C)C)[C@H](C)[C@@H]5CC[C@@]4(C)[C@]3(C)CC[C@@]2(C(=O)CN(CCN(C)C)Cc2ccc(Cl)cc2)CC1=O. The predicted molar refractivity (Wildman–Crippen MR) is 239 cm³/mol. The van der Waals surface area contributed by atoms with Gasteiger partial charge in [-0.1, -0.05) is 65.3 Å². The number of hydrogen-bond acceptors (Lipinski definition) is 8. The van der Waals surface area contributed by atoms with Crippen molar-refractivity contribution in [3.05, 3.63) is 46.0 Å². The van der Waals surface area contributed by atoms with E-state index in [1.54, 1.807) is 13.8 Å². The Bertz CT molecular complexity index is 1850. The standard InChI is InChI=1S/C51H77ClN2O6/c1-32(2)43-38(55)28-51(41(56)31-54(27-26-53(12)13)30-34-14-16-35(52)17-15-34)25-24-49(10)37(44(43)51)18-19-40-48(9)22-21-39(33(3)36(48)20-23-50(40,49)11)59-42(57)29-47(7,8)45(58)60-46(4,5)6/h14-17,32-33,36-37,39-40H,18-31H2,1-13H3/t33-,36+,37-,39+,40-,48+,49-,50-,51+/m1/s1. The molecule has 334 valence electrons. The number of rotatable bonds is 13. The number of nitrogens with zero attached hydrogens (tertiary/aromatic N) is 2. The van der Waals surface area contributed by atoms with E-state index < -0.39 is 16.4 Å². The molecule has 6 rings (SSSR count). The summed E-state index contributed by atoms with van der Waals surface area (Å²) in [7, 11) is 4.13. The van der Waals surface area contributed by atoms with Crippen molar-refractivity contribution in [2.24, 2.45) is 56.7 Å². The maximum absolute atomic E-state index is 15.2. The normalized spacial score (nSPS) is 34.3. The van der Waals surface area contributed by atoms with Crippen molar-refractivity contribution in [2.75, 3.05) is 33.7 Å². The second-order valence-electron chi connectivity index (χ2n) is 22.9. The van der Waals surface area contributed by atoms with Gasteiger partial charge >= 0.3 is 11.9 Å². The van der Waals surface area contributed by atoms with Crippen molar-refractivity contribution in [1.29, 1.82) is 0 Å². The summed E-state index contributed by atoms with van der Waals surface area (Å²) in [6.07, 6.45) is 7.83. The molecule has 1 aromatic rings. The first-order valence-corrected chi connectivity index (χ1v) is 23.5. The van der Waals surface area contributed by atoms with Crippen molar-refractivity contribution in [1.82, 2.24) is 9.80 Å². The lowest BCUT2D eigenvalue weighted by Gasteiger charge is -2.71. The van der Waals surface area contributed by atoms with E-state index >= 15 is 4.79 Å². The largest absolute Gasteiger partial charge is 0.462 e. The van der Waals surface area contributed by atoms with Crippen LogP contribution in [0.1, 0.15) is 146 Å². The van der Waals surface area contributed by atoms with Crippen LogP contribution in [0.25, 0.3) is 0 Å². The third-order valence-electron chi connectivity index (χ3n) is 16.9. The van der Waals surface area contributed by atoms with Crippen LogP contribution >= 0.6 is 11.6 Å². The van der Waals surface area contributed by atoms with Gasteiger partial charge in [-0.3, -0.25) is 24.1 Å². The van der Waals surface area contributed by atoms with Gasteiger partial charge in [0.05, 0.1) is 23.8 Å². The molecule has 9 atom stereocenters. The quantitative estimate of drug-likeness (QED) is 0.181. The maximum Gasteiger partial charge on any atom is 0.312 e. The van der Waals surface area contributed by atoms with Crippen LogP contribution < -0.4 is 0 Å². The number of carbonyl (C=O) groups excluding carboxylic acids is 4. The minimum Gasteiger partial charge on any atom is -0.462 e. The van der Waals surface area contributed by atoms with Gasteiger partial charge in [-0.25, -0.2) is 0 Å². The average molecular weight is 850 g/mol. The molecule has 0 bridgehead atoms. The molecular weight excluding hydrogens is 772 g/mol. The smallest absolute Gasteiger partial charge is 0.312 e. The molecule has 1 aromatic carbocycles. The van der Waals surface area contributed by atoms with E-state index in [4.69, 9.17) is 21.1 Å². The molecular formula is C51H77ClN2O6. The number of ether oxygens (including phenoxy) is 2. The summed E-state index contributed by atoms with van der Waals surface area (Å²) in [4.78, 5) is 60.3. The molecule has 0 aliphatic heterocycles. The van der Waals surface area contributed by atoms with Gasteiger partial charge in [-0.2, -0.15) is 0 Å². The summed E-state index contributed by atoms with van der Waals surface area (Å²) in [6.45, 7) is 25.8. The van der Waals surface area contributed by atoms with Crippen LogP contribution in [0.2, 0.25) is 5.02 Å². The van der Waals surface area contributed by atoms with E-state index in [1.807, 2.05) is 45.0 Å². The van der Waals surface area contributed by atoms with Crippen LogP contribution in [-0.4, -0.2) is 78.7 Å². The number of ketones is 2. The van der Waals surface area contributed by atoms with E-state index in [0.29, 0.717) is 36.4 Å². The van der Waals surface area contributed by atoms with Crippen LogP contribution in [0, 0.1) is 56.7 Å². The number of esters is 2. The van der Waals surface area contributed by atoms with Crippen molar-refractivity contribution in [3.63, 3.8) is 0 Å². The first-order valence-electron chi connectivity index (χ1n) is 23.1. The van der Waals surface area contributed by atoms with Crippen molar-refractivity contribution in [3.8, 4) is 0 Å². The lowest BCUT2D eigenvalue weighted by molar-refractivity contribution is -0.215. The molecule has 60 heavy (non-hydrogen) atoms. The molecule has 0 heterocycles. The van der Waals surface area contributed by atoms with Crippen LogP contribution in [0.4, 0.5) is 0 Å². The van der Waals surface area contributed by atoms with E-state index in [1.165, 1.54) is 5.57 Å². The predicted octanol–water partition coefficient (Wildman–Crippen LogP) is 10.5. The molecule has 0 amide bonds. The lowest BCUT2D eigenvalue weighted by atomic mass is 9.34. The Morgan fingerprint density at radius 1 is 0.883 bits per heavy atom. The van der Waals surface area contributed by atoms with Gasteiger partial charge in [0.15, 0.2) is 11.6 Å². The molecule has 0 radical (unpaired) electrons. The van der Waals surface area contributed by atoms with Gasteiger partial charge in [-0.15, -0.1) is 0 Å². The Labute approximate surface area is 367 Å². The van der Waals surface area contributed by atoms with Crippen molar-refractivity contribution < 1.29 is 28.7 Å². The average Bonchev–Trinajstić information content (AvgIpc) is 3.45. The summed E-state index contributed by atoms with van der Waals surface area (Å²) >= 11 is 6.24. The second kappa shape index (κ2) is 16.9. The monoisotopic (exact) mass is 849 g/mol. The number of allylic oxidation sites excluding steroid dienone is 2. The topological polar surface area (TPSA) is 93.2 Å². The summed E-state index contributed by atoms with van der Waals surface area (Å²) in [5.41, 5.74) is 1.01. The Kier molecular flexibility index (Phi) is 13.2. The first kappa shape index (κ1) is 46.9. The highest BCUT2D eigenvalue weighted by Crippen LogP contribution is 2.76. The van der Waals surface area contributed by atoms with Gasteiger partial charge in [0.1, 0.15) is 11.7 Å².